The Labute approximate surface area is 260 Å². The van der Waals surface area contributed by atoms with Crippen molar-refractivity contribution in [2.24, 2.45) is 0 Å². The van der Waals surface area contributed by atoms with Crippen LogP contribution in [0, 0.1) is 5.82 Å². The second-order valence-corrected chi connectivity index (χ2v) is 11.8. The topological polar surface area (TPSA) is 96.7 Å². The average Bonchev–Trinajstić information content (AvgIpc) is 3.58. The molecule has 5 aromatic rings. The molecule has 0 saturated carbocycles. The largest absolute Gasteiger partial charge is 0.450 e. The molecular weight excluding hydrogens is 573 g/mol. The van der Waals surface area contributed by atoms with Crippen LogP contribution in [0.1, 0.15) is 23.2 Å². The number of amides is 1. The quantitative estimate of drug-likeness (QED) is 0.222. The van der Waals surface area contributed by atoms with Gasteiger partial charge in [-0.3, -0.25) is 9.59 Å². The SMILES string of the molecule is CN1CCN(CCCNc2c(F)cc3c(=O)c(C(=O)NCCCn4ccnc4)cn4c3c2Oc2c-4ccc3ccccc23)CC1. The Bertz CT molecular complexity index is 1930. The van der Waals surface area contributed by atoms with Gasteiger partial charge in [-0.15, -0.1) is 0 Å². The van der Waals surface area contributed by atoms with Gasteiger partial charge >= 0.3 is 0 Å². The molecule has 0 spiro atoms. The highest BCUT2D eigenvalue weighted by atomic mass is 19.1. The number of carbonyl (C=O) groups excluding carboxylic acids is 1. The van der Waals surface area contributed by atoms with Crippen LogP contribution in [0.15, 0.2) is 72.2 Å². The molecule has 0 bridgehead atoms. The summed E-state index contributed by atoms with van der Waals surface area (Å²) in [5.74, 6) is -0.304. The first-order chi connectivity index (χ1) is 22.0. The molecule has 45 heavy (non-hydrogen) atoms. The van der Waals surface area contributed by atoms with E-state index in [-0.39, 0.29) is 22.4 Å². The summed E-state index contributed by atoms with van der Waals surface area (Å²) in [6.45, 7) is 6.62. The predicted octanol–water partition coefficient (Wildman–Crippen LogP) is 4.45. The van der Waals surface area contributed by atoms with Crippen molar-refractivity contribution in [3.8, 4) is 17.2 Å². The lowest BCUT2D eigenvalue weighted by atomic mass is 10.0. The molecule has 232 valence electrons. The van der Waals surface area contributed by atoms with Gasteiger partial charge in [0.15, 0.2) is 17.3 Å². The van der Waals surface area contributed by atoms with Crippen LogP contribution in [-0.4, -0.2) is 82.7 Å². The smallest absolute Gasteiger partial charge is 0.256 e. The zero-order chi connectivity index (χ0) is 30.9. The number of benzene rings is 3. The Morgan fingerprint density at radius 3 is 2.64 bits per heavy atom. The van der Waals surface area contributed by atoms with Gasteiger partial charge in [-0.05, 0) is 44.0 Å². The molecule has 2 aromatic heterocycles. The lowest BCUT2D eigenvalue weighted by Gasteiger charge is -2.32. The zero-order valence-corrected chi connectivity index (χ0v) is 25.3. The van der Waals surface area contributed by atoms with Crippen molar-refractivity contribution >= 4 is 33.3 Å². The number of likely N-dealkylation sites (N-methyl/N-ethyl adjacent to an activating group) is 1. The third-order valence-corrected chi connectivity index (χ3v) is 8.75. The maximum atomic E-state index is 15.9. The second kappa shape index (κ2) is 12.3. The van der Waals surface area contributed by atoms with Gasteiger partial charge in [0.2, 0.25) is 5.43 Å². The third kappa shape index (κ3) is 5.65. The van der Waals surface area contributed by atoms with E-state index in [2.05, 4.69) is 32.5 Å². The molecule has 3 aromatic carbocycles. The molecule has 1 amide bonds. The van der Waals surface area contributed by atoms with Gasteiger partial charge < -0.3 is 34.3 Å². The van der Waals surface area contributed by atoms with Crippen molar-refractivity contribution in [3.05, 3.63) is 89.0 Å². The summed E-state index contributed by atoms with van der Waals surface area (Å²) < 4.78 is 26.2. The maximum absolute atomic E-state index is 15.9. The molecule has 7 rings (SSSR count). The number of fused-ring (bicyclic) bond motifs is 4. The fourth-order valence-corrected chi connectivity index (χ4v) is 6.24. The number of anilines is 1. The van der Waals surface area contributed by atoms with E-state index in [9.17, 15) is 9.59 Å². The van der Waals surface area contributed by atoms with Crippen LogP contribution in [-0.2, 0) is 6.54 Å². The fraction of sp³-hybridized carbons (Fsp3) is 0.324. The molecule has 0 aliphatic carbocycles. The molecule has 10 nitrogen and oxygen atoms in total. The van der Waals surface area contributed by atoms with Gasteiger partial charge in [-0.2, -0.15) is 0 Å². The summed E-state index contributed by atoms with van der Waals surface area (Å²) in [7, 11) is 2.13. The first-order valence-electron chi connectivity index (χ1n) is 15.5. The molecule has 2 aliphatic heterocycles. The number of aromatic nitrogens is 3. The number of aryl methyl sites for hydroxylation is 1. The molecule has 2 N–H and O–H groups in total. The predicted molar refractivity (Wildman–Crippen MR) is 173 cm³/mol. The number of nitrogens with zero attached hydrogens (tertiary/aromatic N) is 5. The molecule has 1 fully saturated rings. The van der Waals surface area contributed by atoms with E-state index in [1.54, 1.807) is 23.3 Å². The minimum absolute atomic E-state index is 0.0515. The van der Waals surface area contributed by atoms with Crippen LogP contribution >= 0.6 is 0 Å². The molecule has 2 aliphatic rings. The van der Waals surface area contributed by atoms with Crippen molar-refractivity contribution in [1.29, 1.82) is 0 Å². The van der Waals surface area contributed by atoms with Crippen LogP contribution < -0.4 is 20.8 Å². The fourth-order valence-electron chi connectivity index (χ4n) is 6.24. The van der Waals surface area contributed by atoms with Gasteiger partial charge in [-0.25, -0.2) is 9.37 Å². The van der Waals surface area contributed by atoms with Crippen molar-refractivity contribution in [2.45, 2.75) is 19.4 Å². The van der Waals surface area contributed by atoms with E-state index in [4.69, 9.17) is 4.74 Å². The van der Waals surface area contributed by atoms with Crippen molar-refractivity contribution in [3.63, 3.8) is 0 Å². The van der Waals surface area contributed by atoms with E-state index in [0.29, 0.717) is 43.0 Å². The van der Waals surface area contributed by atoms with Gasteiger partial charge in [0.05, 0.1) is 17.4 Å². The Balaban J connectivity index is 1.23. The average molecular weight is 610 g/mol. The van der Waals surface area contributed by atoms with Gasteiger partial charge in [0, 0.05) is 69.8 Å². The lowest BCUT2D eigenvalue weighted by Crippen LogP contribution is -2.44. The molecule has 4 heterocycles. The Hall–Kier alpha value is -4.74. The van der Waals surface area contributed by atoms with E-state index >= 15 is 4.39 Å². The van der Waals surface area contributed by atoms with Gasteiger partial charge in [0.25, 0.3) is 5.91 Å². The molecular formula is C34H36FN7O3. The summed E-state index contributed by atoms with van der Waals surface area (Å²) in [6, 6.07) is 12.9. The van der Waals surface area contributed by atoms with E-state index in [1.165, 1.54) is 6.07 Å². The summed E-state index contributed by atoms with van der Waals surface area (Å²) in [4.78, 5) is 35.9. The number of piperazine rings is 1. The maximum Gasteiger partial charge on any atom is 0.256 e. The minimum atomic E-state index is -0.595. The van der Waals surface area contributed by atoms with Gasteiger partial charge in [-0.1, -0.05) is 30.3 Å². The molecule has 11 heteroatoms. The Morgan fingerprint density at radius 2 is 1.82 bits per heavy atom. The highest BCUT2D eigenvalue weighted by molar-refractivity contribution is 6.03. The van der Waals surface area contributed by atoms with E-state index < -0.39 is 17.2 Å². The zero-order valence-electron chi connectivity index (χ0n) is 25.3. The number of pyridine rings is 1. The van der Waals surface area contributed by atoms with E-state index in [1.807, 2.05) is 47.2 Å². The van der Waals surface area contributed by atoms with Crippen LogP contribution in [0.4, 0.5) is 10.1 Å². The Morgan fingerprint density at radius 1 is 1.00 bits per heavy atom. The van der Waals surface area contributed by atoms with Gasteiger partial charge in [0.1, 0.15) is 16.8 Å². The monoisotopic (exact) mass is 609 g/mol. The number of rotatable bonds is 10. The number of hydrogen-bond acceptors (Lipinski definition) is 7. The standard InChI is InChI=1S/C34H36FN7O3/c1-39-16-18-40(19-17-39)13-4-10-37-29-27(35)20-25-30-33(29)45-32-24-7-3-2-6-23(24)8-9-28(32)42(30)21-26(31(25)43)34(44)38-11-5-14-41-15-12-36-22-41/h2-3,6-9,12,15,20-22,37H,4-5,10-11,13-14,16-19H2,1H3,(H,38,44). The number of halogens is 1. The molecule has 0 atom stereocenters. The number of hydrogen-bond donors (Lipinski definition) is 2. The number of carbonyl (C=O) groups is 1. The Kier molecular flexibility index (Phi) is 7.95. The summed E-state index contributed by atoms with van der Waals surface area (Å²) in [6.07, 6.45) is 8.32. The van der Waals surface area contributed by atoms with Crippen LogP contribution in [0.5, 0.6) is 11.5 Å². The van der Waals surface area contributed by atoms with Crippen LogP contribution in [0.2, 0.25) is 0 Å². The number of imidazole rings is 1. The van der Waals surface area contributed by atoms with Crippen LogP contribution in [0.3, 0.4) is 0 Å². The molecule has 0 radical (unpaired) electrons. The first-order valence-corrected chi connectivity index (χ1v) is 15.5. The summed E-state index contributed by atoms with van der Waals surface area (Å²) >= 11 is 0. The summed E-state index contributed by atoms with van der Waals surface area (Å²) in [5.41, 5.74) is 0.729. The lowest BCUT2D eigenvalue weighted by molar-refractivity contribution is 0.0951. The van der Waals surface area contributed by atoms with Crippen molar-refractivity contribution in [1.82, 2.24) is 29.2 Å². The van der Waals surface area contributed by atoms with Crippen molar-refractivity contribution < 1.29 is 13.9 Å². The van der Waals surface area contributed by atoms with Crippen LogP contribution in [0.25, 0.3) is 27.4 Å². The summed E-state index contributed by atoms with van der Waals surface area (Å²) in [5, 5.41) is 8.05. The van der Waals surface area contributed by atoms with E-state index in [0.717, 1.165) is 49.9 Å². The molecule has 0 unspecified atom stereocenters. The third-order valence-electron chi connectivity index (χ3n) is 8.75. The highest BCUT2D eigenvalue weighted by Gasteiger charge is 2.29. The molecule has 1 saturated heterocycles. The second-order valence-electron chi connectivity index (χ2n) is 11.8. The number of nitrogens with one attached hydrogen (secondary N) is 2. The highest BCUT2D eigenvalue weighted by Crippen LogP contribution is 2.47. The first kappa shape index (κ1) is 29.0. The van der Waals surface area contributed by atoms with Crippen molar-refractivity contribution in [2.75, 3.05) is 58.2 Å². The minimum Gasteiger partial charge on any atom is -0.450 e. The normalized spacial score (nSPS) is 14.8. The number of ether oxygens (including phenoxy) is 1.